The van der Waals surface area contributed by atoms with Gasteiger partial charge in [0, 0.05) is 32.4 Å². The Kier molecular flexibility index (Phi) is 7.60. The third-order valence-electron chi connectivity index (χ3n) is 5.23. The van der Waals surface area contributed by atoms with Gasteiger partial charge in [-0.15, -0.1) is 28.5 Å². The largest absolute Gasteiger partial charge is 0.573 e. The van der Waals surface area contributed by atoms with E-state index >= 15 is 0 Å². The molecule has 1 unspecified atom stereocenters. The summed E-state index contributed by atoms with van der Waals surface area (Å²) in [5, 5.41) is 22.8. The second kappa shape index (κ2) is 10.8. The van der Waals surface area contributed by atoms with Crippen molar-refractivity contribution in [3.63, 3.8) is 0 Å². The lowest BCUT2D eigenvalue weighted by atomic mass is 10.1. The Balaban J connectivity index is 1.32. The summed E-state index contributed by atoms with van der Waals surface area (Å²) in [6.45, 7) is 1.62. The minimum Gasteiger partial charge on any atom is -0.406 e. The molecule has 3 heterocycles. The summed E-state index contributed by atoms with van der Waals surface area (Å²) in [5.41, 5.74) is 0.199. The number of methoxy groups -OCH3 is 1. The minimum absolute atomic E-state index is 0.183. The van der Waals surface area contributed by atoms with E-state index in [4.69, 9.17) is 4.74 Å². The number of anilines is 3. The van der Waals surface area contributed by atoms with Gasteiger partial charge in [0.2, 0.25) is 10.3 Å². The molecule has 14 heteroatoms. The zero-order chi connectivity index (χ0) is 24.8. The Morgan fingerprint density at radius 1 is 1.14 bits per heavy atom. The Bertz CT molecular complexity index is 1120. The number of ether oxygens (including phenoxy) is 2. The average molecular weight is 510 g/mol. The molecule has 1 saturated heterocycles. The van der Waals surface area contributed by atoms with Crippen molar-refractivity contribution in [3.05, 3.63) is 48.2 Å². The molecule has 0 bridgehead atoms. The van der Waals surface area contributed by atoms with Gasteiger partial charge in [0.15, 0.2) is 11.9 Å². The number of hydrogen-bond donors (Lipinski definition) is 2. The van der Waals surface area contributed by atoms with Gasteiger partial charge in [0.25, 0.3) is 5.91 Å². The van der Waals surface area contributed by atoms with Crippen molar-refractivity contribution in [2.45, 2.75) is 31.3 Å². The van der Waals surface area contributed by atoms with E-state index in [0.717, 1.165) is 55.2 Å². The predicted octanol–water partition coefficient (Wildman–Crippen LogP) is 3.63. The van der Waals surface area contributed by atoms with Crippen LogP contribution in [0.3, 0.4) is 0 Å². The highest BCUT2D eigenvalue weighted by atomic mass is 32.1. The SMILES string of the molecule is COC(C(=O)Nc1nnc(NC2CCN(c3cccnn3)CC2)s1)c1cccc(OC(F)(F)F)c1. The van der Waals surface area contributed by atoms with E-state index in [-0.39, 0.29) is 16.7 Å². The molecule has 1 aliphatic heterocycles. The molecule has 2 N–H and O–H groups in total. The molecule has 0 radical (unpaired) electrons. The first-order valence-corrected chi connectivity index (χ1v) is 11.4. The van der Waals surface area contributed by atoms with E-state index in [0.29, 0.717) is 5.13 Å². The van der Waals surface area contributed by atoms with E-state index in [9.17, 15) is 18.0 Å². The summed E-state index contributed by atoms with van der Waals surface area (Å²) < 4.78 is 46.7. The summed E-state index contributed by atoms with van der Waals surface area (Å²) in [6.07, 6.45) is -2.65. The molecule has 0 spiro atoms. The lowest BCUT2D eigenvalue weighted by molar-refractivity contribution is -0.274. The molecule has 1 atom stereocenters. The van der Waals surface area contributed by atoms with E-state index in [1.54, 1.807) is 6.20 Å². The molecule has 2 aromatic heterocycles. The Morgan fingerprint density at radius 3 is 2.60 bits per heavy atom. The maximum Gasteiger partial charge on any atom is 0.573 e. The standard InChI is InChI=1S/C21H22F3N7O3S/c1-33-17(13-4-2-5-15(12-13)34-21(22,23)24)18(32)27-20-30-29-19(35-20)26-14-7-10-31(11-8-14)16-6-3-9-25-28-16/h2-6,9,12,14,17H,7-8,10-11H2,1H3,(H,26,29)(H,27,30,32). The van der Waals surface area contributed by atoms with Crippen molar-refractivity contribution in [2.24, 2.45) is 0 Å². The van der Waals surface area contributed by atoms with Gasteiger partial charge in [-0.1, -0.05) is 23.5 Å². The third kappa shape index (κ3) is 6.76. The van der Waals surface area contributed by atoms with Crippen molar-refractivity contribution >= 4 is 33.3 Å². The molecule has 1 fully saturated rings. The van der Waals surface area contributed by atoms with Crippen molar-refractivity contribution in [3.8, 4) is 5.75 Å². The van der Waals surface area contributed by atoms with Gasteiger partial charge in [-0.25, -0.2) is 0 Å². The van der Waals surface area contributed by atoms with Crippen LogP contribution in [0.5, 0.6) is 5.75 Å². The number of carbonyl (C=O) groups excluding carboxylic acids is 1. The lowest BCUT2D eigenvalue weighted by Gasteiger charge is -2.32. The Hall–Kier alpha value is -3.52. The maximum absolute atomic E-state index is 12.7. The van der Waals surface area contributed by atoms with Crippen LogP contribution in [0.25, 0.3) is 0 Å². The molecule has 35 heavy (non-hydrogen) atoms. The van der Waals surface area contributed by atoms with Crippen molar-refractivity contribution < 1.29 is 27.4 Å². The second-order valence-corrected chi connectivity index (χ2v) is 8.60. The van der Waals surface area contributed by atoms with Gasteiger partial charge in [-0.3, -0.25) is 10.1 Å². The summed E-state index contributed by atoms with van der Waals surface area (Å²) in [4.78, 5) is 14.9. The Labute approximate surface area is 202 Å². The number of amides is 1. The van der Waals surface area contributed by atoms with Gasteiger partial charge >= 0.3 is 6.36 Å². The molecule has 3 aromatic rings. The van der Waals surface area contributed by atoms with Gasteiger partial charge < -0.3 is 19.7 Å². The smallest absolute Gasteiger partial charge is 0.406 e. The van der Waals surface area contributed by atoms with E-state index in [1.165, 1.54) is 19.2 Å². The van der Waals surface area contributed by atoms with Crippen LogP contribution in [0.4, 0.5) is 29.3 Å². The summed E-state index contributed by atoms with van der Waals surface area (Å²) >= 11 is 1.16. The lowest BCUT2D eigenvalue weighted by Crippen LogP contribution is -2.39. The molecular weight excluding hydrogens is 487 g/mol. The third-order valence-corrected chi connectivity index (χ3v) is 6.00. The zero-order valence-corrected chi connectivity index (χ0v) is 19.3. The fourth-order valence-corrected chi connectivity index (χ4v) is 4.39. The van der Waals surface area contributed by atoms with Crippen LogP contribution in [-0.2, 0) is 9.53 Å². The van der Waals surface area contributed by atoms with Gasteiger partial charge in [-0.2, -0.15) is 5.10 Å². The van der Waals surface area contributed by atoms with Gasteiger partial charge in [0.1, 0.15) is 5.75 Å². The number of nitrogens with one attached hydrogen (secondary N) is 2. The van der Waals surface area contributed by atoms with Crippen molar-refractivity contribution in [1.29, 1.82) is 0 Å². The first kappa shape index (κ1) is 24.6. The molecule has 10 nitrogen and oxygen atoms in total. The molecule has 1 aromatic carbocycles. The molecule has 1 aliphatic rings. The predicted molar refractivity (Wildman–Crippen MR) is 122 cm³/mol. The average Bonchev–Trinajstić information content (AvgIpc) is 3.26. The number of halogens is 3. The van der Waals surface area contributed by atoms with Gasteiger partial charge in [-0.05, 0) is 42.7 Å². The molecule has 1 amide bonds. The zero-order valence-electron chi connectivity index (χ0n) is 18.5. The summed E-state index contributed by atoms with van der Waals surface area (Å²) in [5.74, 6) is -0.204. The quantitative estimate of drug-likeness (QED) is 0.470. The number of aromatic nitrogens is 4. The molecular formula is C21H22F3N7O3S. The molecule has 186 valence electrons. The van der Waals surface area contributed by atoms with Crippen LogP contribution in [0.1, 0.15) is 24.5 Å². The number of piperidine rings is 1. The van der Waals surface area contributed by atoms with Crippen LogP contribution in [0.15, 0.2) is 42.6 Å². The normalized spacial score (nSPS) is 15.5. The number of nitrogens with zero attached hydrogens (tertiary/aromatic N) is 5. The second-order valence-electron chi connectivity index (χ2n) is 7.63. The van der Waals surface area contributed by atoms with Crippen LogP contribution >= 0.6 is 11.3 Å². The Morgan fingerprint density at radius 2 is 1.91 bits per heavy atom. The first-order valence-electron chi connectivity index (χ1n) is 10.6. The highest BCUT2D eigenvalue weighted by molar-refractivity contribution is 7.19. The molecule has 4 rings (SSSR count). The van der Waals surface area contributed by atoms with Crippen LogP contribution in [0.2, 0.25) is 0 Å². The number of carbonyl (C=O) groups is 1. The van der Waals surface area contributed by atoms with Crippen molar-refractivity contribution in [1.82, 2.24) is 20.4 Å². The summed E-state index contributed by atoms with van der Waals surface area (Å²) in [6, 6.07) is 9.01. The monoisotopic (exact) mass is 509 g/mol. The maximum atomic E-state index is 12.7. The fourth-order valence-electron chi connectivity index (χ4n) is 3.66. The van der Waals surface area contributed by atoms with Crippen LogP contribution < -0.4 is 20.3 Å². The topological polar surface area (TPSA) is 114 Å². The molecule has 0 aliphatic carbocycles. The minimum atomic E-state index is -4.84. The van der Waals surface area contributed by atoms with E-state index in [1.807, 2.05) is 12.1 Å². The van der Waals surface area contributed by atoms with Crippen LogP contribution in [-0.4, -0.2) is 58.9 Å². The number of benzene rings is 1. The number of alkyl halides is 3. The van der Waals surface area contributed by atoms with E-state index < -0.39 is 24.1 Å². The number of hydrogen-bond acceptors (Lipinski definition) is 10. The van der Waals surface area contributed by atoms with Crippen molar-refractivity contribution in [2.75, 3.05) is 35.7 Å². The number of rotatable bonds is 8. The van der Waals surface area contributed by atoms with Gasteiger partial charge in [0.05, 0.1) is 0 Å². The summed E-state index contributed by atoms with van der Waals surface area (Å²) in [7, 11) is 1.28. The van der Waals surface area contributed by atoms with Crippen LogP contribution in [0, 0.1) is 0 Å². The van der Waals surface area contributed by atoms with E-state index in [2.05, 4.69) is 40.7 Å². The molecule has 0 saturated carbocycles. The fraction of sp³-hybridized carbons (Fsp3) is 0.381. The highest BCUT2D eigenvalue weighted by Crippen LogP contribution is 2.29. The first-order chi connectivity index (χ1) is 16.8. The highest BCUT2D eigenvalue weighted by Gasteiger charge is 2.32.